The van der Waals surface area contributed by atoms with Crippen LogP contribution in [0, 0.1) is 5.82 Å². The lowest BCUT2D eigenvalue weighted by molar-refractivity contribution is 0.414. The van der Waals surface area contributed by atoms with Gasteiger partial charge in [-0.15, -0.1) is 0 Å². The lowest BCUT2D eigenvalue weighted by Gasteiger charge is -2.23. The molecule has 0 aliphatic rings. The van der Waals surface area contributed by atoms with E-state index in [0.717, 1.165) is 17.0 Å². The van der Waals surface area contributed by atoms with Crippen molar-refractivity contribution in [2.45, 2.75) is 6.54 Å². The molecule has 0 spiro atoms. The highest BCUT2D eigenvalue weighted by atomic mass is 19.1. The van der Waals surface area contributed by atoms with E-state index in [1.165, 1.54) is 6.07 Å². The van der Waals surface area contributed by atoms with Crippen molar-refractivity contribution < 1.29 is 9.13 Å². The summed E-state index contributed by atoms with van der Waals surface area (Å²) < 4.78 is 19.0. The quantitative estimate of drug-likeness (QED) is 0.918. The molecule has 0 atom stereocenters. The molecule has 0 saturated heterocycles. The fourth-order valence-electron chi connectivity index (χ4n) is 2.01. The van der Waals surface area contributed by atoms with Gasteiger partial charge in [0.15, 0.2) is 0 Å². The molecule has 0 heterocycles. The second-order valence-electron chi connectivity index (χ2n) is 4.21. The van der Waals surface area contributed by atoms with Gasteiger partial charge in [0.1, 0.15) is 11.6 Å². The topological polar surface area (TPSA) is 38.5 Å². The summed E-state index contributed by atoms with van der Waals surface area (Å²) in [6.45, 7) is 0.387. The van der Waals surface area contributed by atoms with E-state index in [2.05, 4.69) is 0 Å². The molecular weight excluding hydrogens is 243 g/mol. The summed E-state index contributed by atoms with van der Waals surface area (Å²) >= 11 is 0. The molecule has 3 nitrogen and oxygen atoms in total. The molecule has 0 fully saturated rings. The van der Waals surface area contributed by atoms with Crippen molar-refractivity contribution >= 4 is 11.4 Å². The van der Waals surface area contributed by atoms with Gasteiger partial charge in [0.2, 0.25) is 0 Å². The highest BCUT2D eigenvalue weighted by Gasteiger charge is 2.13. The van der Waals surface area contributed by atoms with Crippen molar-refractivity contribution in [3.8, 4) is 5.75 Å². The number of rotatable bonds is 4. The van der Waals surface area contributed by atoms with Crippen LogP contribution >= 0.6 is 0 Å². The van der Waals surface area contributed by atoms with Gasteiger partial charge in [-0.05, 0) is 23.8 Å². The van der Waals surface area contributed by atoms with E-state index >= 15 is 0 Å². The fourth-order valence-corrected chi connectivity index (χ4v) is 2.01. The Kier molecular flexibility index (Phi) is 4.02. The van der Waals surface area contributed by atoms with Gasteiger partial charge in [-0.1, -0.05) is 18.2 Å². The first kappa shape index (κ1) is 13.4. The largest absolute Gasteiger partial charge is 0.497 e. The molecule has 19 heavy (non-hydrogen) atoms. The average Bonchev–Trinajstić information content (AvgIpc) is 2.46. The maximum Gasteiger partial charge on any atom is 0.146 e. The van der Waals surface area contributed by atoms with Crippen molar-refractivity contribution in [1.29, 1.82) is 0 Å². The summed E-state index contributed by atoms with van der Waals surface area (Å²) in [7, 11) is 3.41. The molecule has 0 radical (unpaired) electrons. The number of anilines is 2. The van der Waals surface area contributed by atoms with Crippen LogP contribution in [0.3, 0.4) is 0 Å². The molecule has 2 N–H and O–H groups in total. The molecule has 0 aliphatic carbocycles. The minimum atomic E-state index is -0.268. The van der Waals surface area contributed by atoms with Crippen molar-refractivity contribution in [1.82, 2.24) is 0 Å². The normalized spacial score (nSPS) is 10.3. The van der Waals surface area contributed by atoms with Crippen LogP contribution in [0.1, 0.15) is 5.56 Å². The Morgan fingerprint density at radius 3 is 2.53 bits per heavy atom. The van der Waals surface area contributed by atoms with E-state index in [0.29, 0.717) is 12.2 Å². The van der Waals surface area contributed by atoms with Crippen LogP contribution < -0.4 is 15.4 Å². The van der Waals surface area contributed by atoms with E-state index in [4.69, 9.17) is 10.5 Å². The first-order chi connectivity index (χ1) is 9.17. The second-order valence-corrected chi connectivity index (χ2v) is 4.21. The van der Waals surface area contributed by atoms with Gasteiger partial charge in [-0.2, -0.15) is 0 Å². The SMILES string of the molecule is COc1ccc(CN)c(N(C)c2ccccc2F)c1. The molecule has 2 aromatic rings. The van der Waals surface area contributed by atoms with Crippen LogP contribution in [0.25, 0.3) is 0 Å². The number of hydrogen-bond donors (Lipinski definition) is 1. The molecule has 0 saturated carbocycles. The van der Waals surface area contributed by atoms with E-state index in [1.807, 2.05) is 25.2 Å². The summed E-state index contributed by atoms with van der Waals surface area (Å²) in [5.41, 5.74) is 8.02. The summed E-state index contributed by atoms with van der Waals surface area (Å²) in [6, 6.07) is 12.2. The van der Waals surface area contributed by atoms with Crippen LogP contribution in [-0.4, -0.2) is 14.2 Å². The monoisotopic (exact) mass is 260 g/mol. The van der Waals surface area contributed by atoms with Crippen LogP contribution in [-0.2, 0) is 6.54 Å². The standard InChI is InChI=1S/C15H17FN2O/c1-18(14-6-4-3-5-13(14)16)15-9-12(19-2)8-7-11(15)10-17/h3-9H,10,17H2,1-2H3. The van der Waals surface area contributed by atoms with E-state index in [1.54, 1.807) is 30.2 Å². The summed E-state index contributed by atoms with van der Waals surface area (Å²) in [6.07, 6.45) is 0. The molecule has 0 aromatic heterocycles. The molecule has 4 heteroatoms. The molecule has 2 aromatic carbocycles. The summed E-state index contributed by atoms with van der Waals surface area (Å²) in [4.78, 5) is 1.78. The maximum atomic E-state index is 13.8. The highest BCUT2D eigenvalue weighted by Crippen LogP contribution is 2.31. The van der Waals surface area contributed by atoms with Crippen molar-refractivity contribution in [2.75, 3.05) is 19.1 Å². The Morgan fingerprint density at radius 1 is 1.16 bits per heavy atom. The van der Waals surface area contributed by atoms with Gasteiger partial charge >= 0.3 is 0 Å². The Morgan fingerprint density at radius 2 is 1.89 bits per heavy atom. The average molecular weight is 260 g/mol. The minimum absolute atomic E-state index is 0.268. The fraction of sp³-hybridized carbons (Fsp3) is 0.200. The lowest BCUT2D eigenvalue weighted by atomic mass is 10.1. The molecule has 100 valence electrons. The summed E-state index contributed by atoms with van der Waals surface area (Å²) in [5.74, 6) is 0.450. The third-order valence-electron chi connectivity index (χ3n) is 3.09. The first-order valence-corrected chi connectivity index (χ1v) is 6.02. The van der Waals surface area contributed by atoms with Crippen LogP contribution in [0.4, 0.5) is 15.8 Å². The third-order valence-corrected chi connectivity index (χ3v) is 3.09. The zero-order chi connectivity index (χ0) is 13.8. The molecule has 0 bridgehead atoms. The van der Waals surface area contributed by atoms with Gasteiger partial charge < -0.3 is 15.4 Å². The van der Waals surface area contributed by atoms with Gasteiger partial charge in [-0.3, -0.25) is 0 Å². The third kappa shape index (κ3) is 2.69. The van der Waals surface area contributed by atoms with E-state index in [9.17, 15) is 4.39 Å². The number of para-hydroxylation sites is 1. The van der Waals surface area contributed by atoms with Gasteiger partial charge in [0.25, 0.3) is 0 Å². The maximum absolute atomic E-state index is 13.8. The molecule has 2 rings (SSSR count). The first-order valence-electron chi connectivity index (χ1n) is 6.02. The second kappa shape index (κ2) is 5.71. The Labute approximate surface area is 112 Å². The van der Waals surface area contributed by atoms with E-state index < -0.39 is 0 Å². The number of nitrogens with zero attached hydrogens (tertiary/aromatic N) is 1. The predicted octanol–water partition coefficient (Wildman–Crippen LogP) is 3.06. The van der Waals surface area contributed by atoms with Crippen LogP contribution in [0.2, 0.25) is 0 Å². The Balaban J connectivity index is 2.48. The van der Waals surface area contributed by atoms with Crippen LogP contribution in [0.5, 0.6) is 5.75 Å². The number of nitrogens with two attached hydrogens (primary N) is 1. The number of ether oxygens (including phenoxy) is 1. The zero-order valence-electron chi connectivity index (χ0n) is 11.1. The molecule has 0 amide bonds. The minimum Gasteiger partial charge on any atom is -0.497 e. The van der Waals surface area contributed by atoms with Crippen molar-refractivity contribution in [3.05, 3.63) is 53.8 Å². The number of benzene rings is 2. The Hall–Kier alpha value is -2.07. The molecular formula is C15H17FN2O. The number of hydrogen-bond acceptors (Lipinski definition) is 3. The highest BCUT2D eigenvalue weighted by molar-refractivity contribution is 5.67. The van der Waals surface area contributed by atoms with E-state index in [-0.39, 0.29) is 5.82 Å². The Bertz CT molecular complexity index is 572. The molecule has 0 aliphatic heterocycles. The summed E-state index contributed by atoms with van der Waals surface area (Å²) in [5, 5.41) is 0. The smallest absolute Gasteiger partial charge is 0.146 e. The van der Waals surface area contributed by atoms with Crippen molar-refractivity contribution in [3.63, 3.8) is 0 Å². The van der Waals surface area contributed by atoms with Crippen molar-refractivity contribution in [2.24, 2.45) is 5.73 Å². The van der Waals surface area contributed by atoms with Gasteiger partial charge in [0.05, 0.1) is 12.8 Å². The zero-order valence-corrected chi connectivity index (χ0v) is 11.1. The lowest BCUT2D eigenvalue weighted by Crippen LogP contribution is -2.14. The predicted molar refractivity (Wildman–Crippen MR) is 75.3 cm³/mol. The van der Waals surface area contributed by atoms with Gasteiger partial charge in [0, 0.05) is 25.3 Å². The van der Waals surface area contributed by atoms with Gasteiger partial charge in [-0.25, -0.2) is 4.39 Å². The number of halogens is 1. The molecule has 0 unspecified atom stereocenters. The van der Waals surface area contributed by atoms with Crippen LogP contribution in [0.15, 0.2) is 42.5 Å². The number of methoxy groups -OCH3 is 1.